The average molecular weight is 239 g/mol. The van der Waals surface area contributed by atoms with E-state index in [1.807, 2.05) is 29.1 Å². The minimum Gasteiger partial charge on any atom is -0.322 e. The molecular formula is C9H8ClCoN2-. The summed E-state index contributed by atoms with van der Waals surface area (Å²) in [6, 6.07) is 5.71. The van der Waals surface area contributed by atoms with Crippen molar-refractivity contribution >= 4 is 22.5 Å². The number of fused-ring (bicyclic) bond motifs is 1. The molecule has 0 saturated carbocycles. The molecule has 71 valence electrons. The Balaban J connectivity index is 0.000000845. The molecule has 0 saturated heterocycles. The van der Waals surface area contributed by atoms with Crippen LogP contribution < -0.4 is 0 Å². The zero-order valence-corrected chi connectivity index (χ0v) is 8.63. The first-order valence-electron chi connectivity index (χ1n) is 3.71. The van der Waals surface area contributed by atoms with Gasteiger partial charge in [0.15, 0.2) is 0 Å². The maximum Gasteiger partial charge on any atom is 0.0665 e. The average Bonchev–Trinajstić information content (AvgIpc) is 2.46. The molecule has 1 aromatic heterocycles. The maximum absolute atomic E-state index is 5.84. The van der Waals surface area contributed by atoms with Gasteiger partial charge in [0.1, 0.15) is 0 Å². The molecular weight excluding hydrogens is 230 g/mol. The smallest absolute Gasteiger partial charge is 0.0665 e. The summed E-state index contributed by atoms with van der Waals surface area (Å²) in [5.74, 6) is 0. The van der Waals surface area contributed by atoms with Gasteiger partial charge < -0.3 is 6.92 Å². The predicted octanol–water partition coefficient (Wildman–Crippen LogP) is 2.52. The van der Waals surface area contributed by atoms with Gasteiger partial charge in [-0.1, -0.05) is 18.1 Å². The fourth-order valence-electron chi connectivity index (χ4n) is 1.22. The molecule has 0 aliphatic rings. The number of benzene rings is 1. The molecule has 2 nitrogen and oxygen atoms in total. The molecule has 0 fully saturated rings. The van der Waals surface area contributed by atoms with Crippen LogP contribution in [0, 0.1) is 6.92 Å². The summed E-state index contributed by atoms with van der Waals surface area (Å²) in [6.45, 7) is 4.39. The van der Waals surface area contributed by atoms with Crippen LogP contribution >= 0.6 is 11.6 Å². The van der Waals surface area contributed by atoms with E-state index in [9.17, 15) is 0 Å². The Morgan fingerprint density at radius 2 is 2.23 bits per heavy atom. The van der Waals surface area contributed by atoms with E-state index >= 15 is 0 Å². The Morgan fingerprint density at radius 3 is 2.92 bits per heavy atom. The molecule has 13 heavy (non-hydrogen) atoms. The molecule has 1 aromatic carbocycles. The summed E-state index contributed by atoms with van der Waals surface area (Å²) < 4.78 is 1.82. The molecule has 0 aliphatic heterocycles. The van der Waals surface area contributed by atoms with Crippen LogP contribution in [0.2, 0.25) is 5.02 Å². The molecule has 0 aliphatic carbocycles. The van der Waals surface area contributed by atoms with Crippen molar-refractivity contribution in [3.8, 4) is 0 Å². The first-order valence-corrected chi connectivity index (χ1v) is 4.09. The van der Waals surface area contributed by atoms with Crippen molar-refractivity contribution in [3.63, 3.8) is 0 Å². The van der Waals surface area contributed by atoms with Crippen molar-refractivity contribution < 1.29 is 16.8 Å². The molecule has 0 spiro atoms. The second-order valence-electron chi connectivity index (χ2n) is 2.57. The molecule has 0 atom stereocenters. The van der Waals surface area contributed by atoms with Crippen molar-refractivity contribution in [1.29, 1.82) is 0 Å². The van der Waals surface area contributed by atoms with Gasteiger partial charge in [0, 0.05) is 27.2 Å². The topological polar surface area (TPSA) is 17.8 Å². The zero-order chi connectivity index (χ0) is 8.55. The Hall–Kier alpha value is -0.514. The summed E-state index contributed by atoms with van der Waals surface area (Å²) in [7, 11) is 0. The van der Waals surface area contributed by atoms with Gasteiger partial charge in [-0.25, -0.2) is 0 Å². The van der Waals surface area contributed by atoms with Crippen LogP contribution in [-0.4, -0.2) is 9.78 Å². The van der Waals surface area contributed by atoms with Crippen molar-refractivity contribution in [2.24, 2.45) is 0 Å². The summed E-state index contributed by atoms with van der Waals surface area (Å²) in [4.78, 5) is 0. The van der Waals surface area contributed by atoms with Crippen molar-refractivity contribution in [1.82, 2.24) is 9.78 Å². The first kappa shape index (κ1) is 10.6. The van der Waals surface area contributed by atoms with Gasteiger partial charge in [0.05, 0.1) is 11.7 Å². The number of hydrogen-bond acceptors (Lipinski definition) is 1. The molecule has 2 aromatic rings. The van der Waals surface area contributed by atoms with Crippen LogP contribution in [0.1, 0.15) is 0 Å². The first-order chi connectivity index (χ1) is 5.81. The minimum atomic E-state index is 0. The predicted molar refractivity (Wildman–Crippen MR) is 50.1 cm³/mol. The number of nitrogens with zero attached hydrogens (tertiary/aromatic N) is 2. The number of halogens is 1. The van der Waals surface area contributed by atoms with E-state index < -0.39 is 0 Å². The molecule has 1 radical (unpaired) electrons. The largest absolute Gasteiger partial charge is 0.322 e. The van der Waals surface area contributed by atoms with E-state index in [0.717, 1.165) is 15.9 Å². The van der Waals surface area contributed by atoms with Crippen molar-refractivity contribution in [3.05, 3.63) is 36.3 Å². The number of aromatic nitrogens is 2. The summed E-state index contributed by atoms with van der Waals surface area (Å²) in [5, 5.41) is 5.98. The monoisotopic (exact) mass is 238 g/mol. The van der Waals surface area contributed by atoms with Crippen LogP contribution in [0.5, 0.6) is 0 Å². The zero-order valence-electron chi connectivity index (χ0n) is 6.83. The van der Waals surface area contributed by atoms with Crippen LogP contribution in [0.4, 0.5) is 0 Å². The third kappa shape index (κ3) is 1.87. The quantitative estimate of drug-likeness (QED) is 0.698. The van der Waals surface area contributed by atoms with E-state index in [2.05, 4.69) is 12.0 Å². The normalized spacial score (nSPS) is 10.0. The van der Waals surface area contributed by atoms with Gasteiger partial charge in [0.25, 0.3) is 0 Å². The molecule has 0 amide bonds. The summed E-state index contributed by atoms with van der Waals surface area (Å²) >= 11 is 5.84. The molecule has 0 N–H and O–H groups in total. The molecule has 0 bridgehead atoms. The summed E-state index contributed by atoms with van der Waals surface area (Å²) in [6.07, 6.45) is 1.82. The van der Waals surface area contributed by atoms with E-state index in [1.54, 1.807) is 0 Å². The second-order valence-corrected chi connectivity index (χ2v) is 3.01. The van der Waals surface area contributed by atoms with Crippen LogP contribution in [0.25, 0.3) is 10.9 Å². The molecule has 4 heteroatoms. The molecule has 2 rings (SSSR count). The minimum absolute atomic E-state index is 0. The van der Waals surface area contributed by atoms with Crippen LogP contribution in [0.3, 0.4) is 0 Å². The number of rotatable bonds is 1. The Morgan fingerprint density at radius 1 is 1.46 bits per heavy atom. The Labute approximate surface area is 92.1 Å². The van der Waals surface area contributed by atoms with Crippen molar-refractivity contribution in [2.45, 2.75) is 6.54 Å². The second kappa shape index (κ2) is 4.13. The third-order valence-corrected chi connectivity index (χ3v) is 2.05. The number of hydrogen-bond donors (Lipinski definition) is 0. The Kier molecular flexibility index (Phi) is 3.36. The SMILES string of the molecule is [CH2-]Cn1ncc2ccc(Cl)cc21.[Co]. The van der Waals surface area contributed by atoms with Gasteiger partial charge in [0.2, 0.25) is 0 Å². The van der Waals surface area contributed by atoms with Gasteiger partial charge in [-0.05, 0) is 18.2 Å². The van der Waals surface area contributed by atoms with E-state index in [4.69, 9.17) is 11.6 Å². The standard InChI is InChI=1S/C9H8ClN2.Co/c1-2-12-9-5-8(10)4-3-7(9)6-11-12;/h3-6H,1-2H2;/q-1;. The van der Waals surface area contributed by atoms with Crippen LogP contribution in [0.15, 0.2) is 24.4 Å². The van der Waals surface area contributed by atoms with Crippen LogP contribution in [-0.2, 0) is 23.3 Å². The molecule has 0 unspecified atom stereocenters. The third-order valence-electron chi connectivity index (χ3n) is 1.82. The van der Waals surface area contributed by atoms with E-state index in [0.29, 0.717) is 6.54 Å². The Bertz CT molecular complexity index is 411. The van der Waals surface area contributed by atoms with Gasteiger partial charge in [-0.2, -0.15) is 5.10 Å². The van der Waals surface area contributed by atoms with Crippen molar-refractivity contribution in [2.75, 3.05) is 0 Å². The fraction of sp³-hybridized carbons (Fsp3) is 0.111. The van der Waals surface area contributed by atoms with E-state index in [1.165, 1.54) is 0 Å². The van der Waals surface area contributed by atoms with Gasteiger partial charge in [-0.3, -0.25) is 4.68 Å². The van der Waals surface area contributed by atoms with Gasteiger partial charge in [-0.15, -0.1) is 0 Å². The fourth-order valence-corrected chi connectivity index (χ4v) is 1.39. The summed E-state index contributed by atoms with van der Waals surface area (Å²) in [5.41, 5.74) is 1.04. The molecule has 1 heterocycles. The van der Waals surface area contributed by atoms with E-state index in [-0.39, 0.29) is 16.8 Å². The van der Waals surface area contributed by atoms with Gasteiger partial charge >= 0.3 is 0 Å². The maximum atomic E-state index is 5.84.